The van der Waals surface area contributed by atoms with Crippen molar-refractivity contribution in [2.45, 2.75) is 71.0 Å². The lowest BCUT2D eigenvalue weighted by atomic mass is 10.1. The molecule has 27 heavy (non-hydrogen) atoms. The van der Waals surface area contributed by atoms with Gasteiger partial charge < -0.3 is 9.64 Å². The summed E-state index contributed by atoms with van der Waals surface area (Å²) in [4.78, 5) is 26.1. The fraction of sp³-hybridized carbons (Fsp3) is 0.579. The van der Waals surface area contributed by atoms with Gasteiger partial charge in [0.15, 0.2) is 6.61 Å². The van der Waals surface area contributed by atoms with Crippen molar-refractivity contribution < 1.29 is 22.7 Å². The minimum atomic E-state index is -3.77. The highest BCUT2D eigenvalue weighted by atomic mass is 32.2. The average Bonchev–Trinajstić information content (AvgIpc) is 2.49. The number of hydrogen-bond acceptors (Lipinski definition) is 5. The molecule has 0 aliphatic rings. The minimum Gasteiger partial charge on any atom is -0.452 e. The van der Waals surface area contributed by atoms with Crippen LogP contribution in [-0.4, -0.2) is 49.4 Å². The molecule has 0 radical (unpaired) electrons. The molecule has 1 rings (SSSR count). The Kier molecular flexibility index (Phi) is 7.57. The Labute approximate surface area is 162 Å². The van der Waals surface area contributed by atoms with E-state index in [0.29, 0.717) is 0 Å². The van der Waals surface area contributed by atoms with Gasteiger partial charge >= 0.3 is 5.97 Å². The normalized spacial score (nSPS) is 12.3. The number of benzene rings is 1. The van der Waals surface area contributed by atoms with Gasteiger partial charge in [-0.25, -0.2) is 17.9 Å². The molecule has 0 saturated carbocycles. The molecule has 1 amide bonds. The van der Waals surface area contributed by atoms with Crippen LogP contribution < -0.4 is 4.72 Å². The fourth-order valence-electron chi connectivity index (χ4n) is 2.71. The molecule has 0 unspecified atom stereocenters. The highest BCUT2D eigenvalue weighted by molar-refractivity contribution is 7.89. The molecular weight excluding hydrogens is 368 g/mol. The summed E-state index contributed by atoms with van der Waals surface area (Å²) in [7, 11) is -3.77. The maximum absolute atomic E-state index is 12.4. The van der Waals surface area contributed by atoms with Crippen LogP contribution in [-0.2, 0) is 19.6 Å². The van der Waals surface area contributed by atoms with Crippen LogP contribution >= 0.6 is 0 Å². The van der Waals surface area contributed by atoms with Crippen molar-refractivity contribution in [3.8, 4) is 0 Å². The minimum absolute atomic E-state index is 0.0202. The van der Waals surface area contributed by atoms with Crippen molar-refractivity contribution in [2.24, 2.45) is 0 Å². The molecule has 0 saturated heterocycles. The molecule has 0 heterocycles. The van der Waals surface area contributed by atoms with Gasteiger partial charge in [0.2, 0.25) is 10.0 Å². The Bertz CT molecular complexity index is 772. The van der Waals surface area contributed by atoms with E-state index in [1.807, 2.05) is 27.7 Å². The number of sulfonamides is 1. The van der Waals surface area contributed by atoms with E-state index in [0.717, 1.165) is 0 Å². The smallest absolute Gasteiger partial charge is 0.338 e. The zero-order valence-corrected chi connectivity index (χ0v) is 17.9. The molecule has 0 spiro atoms. The average molecular weight is 399 g/mol. The second-order valence-electron chi connectivity index (χ2n) is 7.95. The van der Waals surface area contributed by atoms with Gasteiger partial charge in [-0.1, -0.05) is 6.07 Å². The Hall–Kier alpha value is -1.93. The van der Waals surface area contributed by atoms with E-state index in [1.54, 1.807) is 25.7 Å². The summed E-state index contributed by atoms with van der Waals surface area (Å²) in [5.74, 6) is -1.05. The number of esters is 1. The second kappa shape index (κ2) is 8.84. The molecular formula is C19H30N2O5S. The molecule has 0 fully saturated rings. The van der Waals surface area contributed by atoms with E-state index < -0.39 is 28.1 Å². The van der Waals surface area contributed by atoms with E-state index in [4.69, 9.17) is 4.74 Å². The molecule has 0 aromatic heterocycles. The third kappa shape index (κ3) is 6.95. The Morgan fingerprint density at radius 1 is 1.11 bits per heavy atom. The van der Waals surface area contributed by atoms with Crippen LogP contribution in [0.4, 0.5) is 0 Å². The third-order valence-corrected chi connectivity index (χ3v) is 5.30. The number of ether oxygens (including phenoxy) is 1. The summed E-state index contributed by atoms with van der Waals surface area (Å²) in [5, 5.41) is 0. The molecule has 0 atom stereocenters. The topological polar surface area (TPSA) is 92.8 Å². The van der Waals surface area contributed by atoms with Gasteiger partial charge in [0.05, 0.1) is 10.5 Å². The van der Waals surface area contributed by atoms with Crippen LogP contribution in [0.5, 0.6) is 0 Å². The number of nitrogens with one attached hydrogen (secondary N) is 1. The Balaban J connectivity index is 2.90. The standard InChI is InChI=1S/C19H30N2O5S/c1-13(2)21(14(3)4)17(22)12-26-18(23)15-9-8-10-16(11-15)27(24,25)20-19(5,6)7/h8-11,13-14,20H,12H2,1-7H3. The molecule has 8 heteroatoms. The number of carbonyl (C=O) groups excluding carboxylic acids is 2. The summed E-state index contributed by atoms with van der Waals surface area (Å²) in [6.45, 7) is 12.3. The van der Waals surface area contributed by atoms with Crippen molar-refractivity contribution in [3.63, 3.8) is 0 Å². The number of rotatable bonds is 7. The van der Waals surface area contributed by atoms with Crippen LogP contribution in [0.15, 0.2) is 29.2 Å². The van der Waals surface area contributed by atoms with Crippen LogP contribution in [0.25, 0.3) is 0 Å². The first-order valence-corrected chi connectivity index (χ1v) is 10.4. The summed E-state index contributed by atoms with van der Waals surface area (Å²) < 4.78 is 32.4. The van der Waals surface area contributed by atoms with Crippen molar-refractivity contribution >= 4 is 21.9 Å². The predicted octanol–water partition coefficient (Wildman–Crippen LogP) is 2.57. The highest BCUT2D eigenvalue weighted by Crippen LogP contribution is 2.15. The van der Waals surface area contributed by atoms with Gasteiger partial charge in [0, 0.05) is 17.6 Å². The molecule has 7 nitrogen and oxygen atoms in total. The van der Waals surface area contributed by atoms with Gasteiger partial charge in [-0.2, -0.15) is 0 Å². The lowest BCUT2D eigenvalue weighted by Gasteiger charge is -2.30. The summed E-state index contributed by atoms with van der Waals surface area (Å²) in [6.07, 6.45) is 0. The van der Waals surface area contributed by atoms with Gasteiger partial charge in [-0.15, -0.1) is 0 Å². The summed E-state index contributed by atoms with van der Waals surface area (Å²) >= 11 is 0. The molecule has 1 N–H and O–H groups in total. The van der Waals surface area contributed by atoms with E-state index in [9.17, 15) is 18.0 Å². The zero-order chi connectivity index (χ0) is 21.0. The van der Waals surface area contributed by atoms with E-state index in [2.05, 4.69) is 4.72 Å². The third-order valence-electron chi connectivity index (χ3n) is 3.55. The Morgan fingerprint density at radius 2 is 1.67 bits per heavy atom. The van der Waals surface area contributed by atoms with E-state index in [1.165, 1.54) is 24.3 Å². The first-order valence-electron chi connectivity index (χ1n) is 8.87. The number of carbonyl (C=O) groups is 2. The van der Waals surface area contributed by atoms with E-state index in [-0.39, 0.29) is 28.4 Å². The van der Waals surface area contributed by atoms with Crippen molar-refractivity contribution in [3.05, 3.63) is 29.8 Å². The SMILES string of the molecule is CC(C)N(C(=O)COC(=O)c1cccc(S(=O)(=O)NC(C)(C)C)c1)C(C)C. The largest absolute Gasteiger partial charge is 0.452 e. The van der Waals surface area contributed by atoms with Gasteiger partial charge in [0.25, 0.3) is 5.91 Å². The molecule has 0 aliphatic heterocycles. The van der Waals surface area contributed by atoms with Gasteiger partial charge in [0.1, 0.15) is 0 Å². The first kappa shape index (κ1) is 23.1. The second-order valence-corrected chi connectivity index (χ2v) is 9.63. The van der Waals surface area contributed by atoms with Crippen molar-refractivity contribution in [1.29, 1.82) is 0 Å². The number of nitrogens with zero attached hydrogens (tertiary/aromatic N) is 1. The maximum atomic E-state index is 12.4. The monoisotopic (exact) mass is 398 g/mol. The summed E-state index contributed by atoms with van der Waals surface area (Å²) in [5.41, 5.74) is -0.584. The molecule has 0 aliphatic carbocycles. The molecule has 1 aromatic carbocycles. The molecule has 152 valence electrons. The zero-order valence-electron chi connectivity index (χ0n) is 17.1. The quantitative estimate of drug-likeness (QED) is 0.713. The van der Waals surface area contributed by atoms with Crippen LogP contribution in [0, 0.1) is 0 Å². The Morgan fingerprint density at radius 3 is 2.15 bits per heavy atom. The van der Waals surface area contributed by atoms with Gasteiger partial charge in [-0.05, 0) is 66.7 Å². The van der Waals surface area contributed by atoms with Crippen molar-refractivity contribution in [2.75, 3.05) is 6.61 Å². The maximum Gasteiger partial charge on any atom is 0.338 e. The molecule has 0 bridgehead atoms. The van der Waals surface area contributed by atoms with Crippen LogP contribution in [0.1, 0.15) is 58.8 Å². The van der Waals surface area contributed by atoms with Crippen molar-refractivity contribution in [1.82, 2.24) is 9.62 Å². The predicted molar refractivity (Wildman–Crippen MR) is 104 cm³/mol. The lowest BCUT2D eigenvalue weighted by molar-refractivity contribution is -0.138. The van der Waals surface area contributed by atoms with Gasteiger partial charge in [-0.3, -0.25) is 4.79 Å². The number of hydrogen-bond donors (Lipinski definition) is 1. The van der Waals surface area contributed by atoms with E-state index >= 15 is 0 Å². The summed E-state index contributed by atoms with van der Waals surface area (Å²) in [6, 6.07) is 5.51. The van der Waals surface area contributed by atoms with Crippen LogP contribution in [0.3, 0.4) is 0 Å². The lowest BCUT2D eigenvalue weighted by Crippen LogP contribution is -2.44. The highest BCUT2D eigenvalue weighted by Gasteiger charge is 2.24. The molecule has 1 aromatic rings. The number of amides is 1. The fourth-order valence-corrected chi connectivity index (χ4v) is 4.17. The van der Waals surface area contributed by atoms with Crippen LogP contribution in [0.2, 0.25) is 0 Å². The first-order chi connectivity index (χ1) is 12.2.